The molecule has 19 heavy (non-hydrogen) atoms. The minimum Gasteiger partial charge on any atom is -0.372 e. The van der Waals surface area contributed by atoms with Crippen molar-refractivity contribution >= 4 is 38.6 Å². The molecule has 2 rings (SSSR count). The van der Waals surface area contributed by atoms with E-state index in [4.69, 9.17) is 0 Å². The minimum atomic E-state index is -0.529. The molecule has 1 aromatic carbocycles. The van der Waals surface area contributed by atoms with Crippen LogP contribution in [-0.2, 0) is 0 Å². The third kappa shape index (κ3) is 3.30. The number of nitro groups is 1. The van der Waals surface area contributed by atoms with Gasteiger partial charge in [0.2, 0.25) is 0 Å². The third-order valence-corrected chi connectivity index (χ3v) is 4.35. The number of benzene rings is 1. The molecule has 1 N–H and O–H groups in total. The topological polar surface area (TPSA) is 55.2 Å². The van der Waals surface area contributed by atoms with Gasteiger partial charge < -0.3 is 5.32 Å². The quantitative estimate of drug-likeness (QED) is 0.644. The molecule has 2 aromatic rings. The number of nitrogens with zero attached hydrogens (tertiary/aromatic N) is 1. The highest BCUT2D eigenvalue weighted by Gasteiger charge is 2.17. The molecule has 0 amide bonds. The van der Waals surface area contributed by atoms with E-state index in [0.717, 1.165) is 26.9 Å². The van der Waals surface area contributed by atoms with Crippen LogP contribution in [0.15, 0.2) is 34.1 Å². The Bertz CT molecular complexity index is 618. The molecule has 0 spiro atoms. The van der Waals surface area contributed by atoms with Crippen LogP contribution in [0.1, 0.15) is 17.8 Å². The molecule has 100 valence electrons. The maximum atomic E-state index is 13.2. The van der Waals surface area contributed by atoms with E-state index in [0.29, 0.717) is 0 Å². The summed E-state index contributed by atoms with van der Waals surface area (Å²) in [5.41, 5.74) is 0.0471. The van der Waals surface area contributed by atoms with E-state index in [1.54, 1.807) is 0 Å². The first kappa shape index (κ1) is 14.0. The molecule has 0 radical (unpaired) electrons. The summed E-state index contributed by atoms with van der Waals surface area (Å²) >= 11 is 4.88. The van der Waals surface area contributed by atoms with E-state index < -0.39 is 10.7 Å². The van der Waals surface area contributed by atoms with E-state index in [-0.39, 0.29) is 17.4 Å². The van der Waals surface area contributed by atoms with Crippen LogP contribution in [-0.4, -0.2) is 4.92 Å². The summed E-state index contributed by atoms with van der Waals surface area (Å²) < 4.78 is 14.2. The summed E-state index contributed by atoms with van der Waals surface area (Å²) in [7, 11) is 0. The van der Waals surface area contributed by atoms with Crippen molar-refractivity contribution in [3.05, 3.63) is 54.9 Å². The molecule has 4 nitrogen and oxygen atoms in total. The number of nitrogens with one attached hydrogen (secondary N) is 1. The van der Waals surface area contributed by atoms with Crippen LogP contribution in [0.3, 0.4) is 0 Å². The Morgan fingerprint density at radius 2 is 2.16 bits per heavy atom. The van der Waals surface area contributed by atoms with Crippen molar-refractivity contribution in [2.75, 3.05) is 5.32 Å². The number of halogens is 2. The molecule has 0 saturated heterocycles. The summed E-state index contributed by atoms with van der Waals surface area (Å²) in [4.78, 5) is 11.4. The summed E-state index contributed by atoms with van der Waals surface area (Å²) in [6.07, 6.45) is 0. The van der Waals surface area contributed by atoms with Gasteiger partial charge in [0.25, 0.3) is 5.69 Å². The van der Waals surface area contributed by atoms with Gasteiger partial charge in [0, 0.05) is 17.0 Å². The molecule has 0 fully saturated rings. The van der Waals surface area contributed by atoms with Crippen LogP contribution in [0.2, 0.25) is 0 Å². The summed E-state index contributed by atoms with van der Waals surface area (Å²) in [5, 5.41) is 13.9. The third-order valence-electron chi connectivity index (χ3n) is 2.55. The first-order valence-corrected chi connectivity index (χ1v) is 7.04. The van der Waals surface area contributed by atoms with Gasteiger partial charge in [-0.15, -0.1) is 11.3 Å². The predicted octanol–water partition coefficient (Wildman–Crippen LogP) is 4.73. The molecular formula is C12H10BrFN2O2S. The van der Waals surface area contributed by atoms with E-state index in [1.807, 2.05) is 19.1 Å². The fourth-order valence-corrected chi connectivity index (χ4v) is 3.07. The monoisotopic (exact) mass is 344 g/mol. The maximum Gasteiger partial charge on any atom is 0.292 e. The Morgan fingerprint density at radius 1 is 1.42 bits per heavy atom. The SMILES string of the molecule is CC(Nc1cc(F)ccc1[N+](=O)[O-])c1ccc(Br)s1. The van der Waals surface area contributed by atoms with Gasteiger partial charge in [-0.3, -0.25) is 10.1 Å². The van der Waals surface area contributed by atoms with Gasteiger partial charge in [-0.1, -0.05) is 0 Å². The highest BCUT2D eigenvalue weighted by atomic mass is 79.9. The second kappa shape index (κ2) is 5.66. The number of nitro benzene ring substituents is 1. The van der Waals surface area contributed by atoms with Crippen LogP contribution in [0.5, 0.6) is 0 Å². The Hall–Kier alpha value is -1.47. The highest BCUT2D eigenvalue weighted by Crippen LogP contribution is 2.32. The van der Waals surface area contributed by atoms with Gasteiger partial charge in [-0.2, -0.15) is 0 Å². The number of hydrogen-bond acceptors (Lipinski definition) is 4. The predicted molar refractivity (Wildman–Crippen MR) is 77.1 cm³/mol. The van der Waals surface area contributed by atoms with Gasteiger partial charge in [0.1, 0.15) is 11.5 Å². The summed E-state index contributed by atoms with van der Waals surface area (Å²) in [6.45, 7) is 1.87. The second-order valence-electron chi connectivity index (χ2n) is 3.93. The first-order valence-electron chi connectivity index (χ1n) is 5.43. The molecule has 1 aromatic heterocycles. The Kier molecular flexibility index (Phi) is 4.16. The average molecular weight is 345 g/mol. The zero-order chi connectivity index (χ0) is 14.0. The number of rotatable bonds is 4. The Labute approximate surface area is 121 Å². The van der Waals surface area contributed by atoms with Crippen molar-refractivity contribution in [2.24, 2.45) is 0 Å². The van der Waals surface area contributed by atoms with Crippen LogP contribution in [0.4, 0.5) is 15.8 Å². The van der Waals surface area contributed by atoms with Crippen molar-refractivity contribution < 1.29 is 9.31 Å². The lowest BCUT2D eigenvalue weighted by atomic mass is 10.2. The summed E-state index contributed by atoms with van der Waals surface area (Å²) in [5.74, 6) is -0.507. The summed E-state index contributed by atoms with van der Waals surface area (Å²) in [6, 6.07) is 7.05. The molecule has 0 bridgehead atoms. The van der Waals surface area contributed by atoms with Crippen LogP contribution in [0.25, 0.3) is 0 Å². The van der Waals surface area contributed by atoms with Crippen molar-refractivity contribution in [2.45, 2.75) is 13.0 Å². The molecule has 7 heteroatoms. The number of hydrogen-bond donors (Lipinski definition) is 1. The van der Waals surface area contributed by atoms with Gasteiger partial charge in [0.15, 0.2) is 0 Å². The molecular weight excluding hydrogens is 335 g/mol. The number of anilines is 1. The normalized spacial score (nSPS) is 12.2. The lowest BCUT2D eigenvalue weighted by Crippen LogP contribution is -2.07. The molecule has 0 aliphatic heterocycles. The fraction of sp³-hybridized carbons (Fsp3) is 0.167. The van der Waals surface area contributed by atoms with Crippen LogP contribution in [0, 0.1) is 15.9 Å². The number of thiophene rings is 1. The van der Waals surface area contributed by atoms with Crippen molar-refractivity contribution in [1.82, 2.24) is 0 Å². The van der Waals surface area contributed by atoms with Crippen molar-refractivity contribution in [1.29, 1.82) is 0 Å². The van der Waals surface area contributed by atoms with E-state index in [9.17, 15) is 14.5 Å². The van der Waals surface area contributed by atoms with E-state index in [1.165, 1.54) is 11.3 Å². The van der Waals surface area contributed by atoms with Crippen LogP contribution < -0.4 is 5.32 Å². The van der Waals surface area contributed by atoms with Gasteiger partial charge in [-0.05, 0) is 41.1 Å². The van der Waals surface area contributed by atoms with Crippen molar-refractivity contribution in [3.63, 3.8) is 0 Å². The average Bonchev–Trinajstić information content (AvgIpc) is 2.75. The van der Waals surface area contributed by atoms with Crippen molar-refractivity contribution in [3.8, 4) is 0 Å². The lowest BCUT2D eigenvalue weighted by molar-refractivity contribution is -0.384. The zero-order valence-electron chi connectivity index (χ0n) is 9.89. The Morgan fingerprint density at radius 3 is 2.74 bits per heavy atom. The smallest absolute Gasteiger partial charge is 0.292 e. The molecule has 0 saturated carbocycles. The van der Waals surface area contributed by atoms with Gasteiger partial charge in [0.05, 0.1) is 14.8 Å². The standard InChI is InChI=1S/C12H10BrFN2O2S/c1-7(11-4-5-12(13)19-11)15-9-6-8(14)2-3-10(9)16(17)18/h2-7,15H,1H3. The van der Waals surface area contributed by atoms with E-state index >= 15 is 0 Å². The molecule has 1 heterocycles. The van der Waals surface area contributed by atoms with Gasteiger partial charge >= 0.3 is 0 Å². The highest BCUT2D eigenvalue weighted by molar-refractivity contribution is 9.11. The second-order valence-corrected chi connectivity index (χ2v) is 6.42. The minimum absolute atomic E-state index is 0.135. The van der Waals surface area contributed by atoms with Gasteiger partial charge in [-0.25, -0.2) is 4.39 Å². The molecule has 1 atom stereocenters. The lowest BCUT2D eigenvalue weighted by Gasteiger charge is -2.13. The molecule has 0 aliphatic carbocycles. The molecule has 0 aliphatic rings. The van der Waals surface area contributed by atoms with E-state index in [2.05, 4.69) is 21.2 Å². The maximum absolute atomic E-state index is 13.2. The largest absolute Gasteiger partial charge is 0.372 e. The van der Waals surface area contributed by atoms with Crippen LogP contribution >= 0.6 is 27.3 Å². The zero-order valence-corrected chi connectivity index (χ0v) is 12.3. The molecule has 1 unspecified atom stereocenters. The fourth-order valence-electron chi connectivity index (χ4n) is 1.65. The first-order chi connectivity index (χ1) is 8.97. The Balaban J connectivity index is 2.27.